The molecule has 6 nitrogen and oxygen atoms in total. The largest absolute Gasteiger partial charge is 0.377 e. The van der Waals surface area contributed by atoms with E-state index in [4.69, 9.17) is 14.6 Å². The van der Waals surface area contributed by atoms with Crippen LogP contribution in [0.25, 0.3) is 22.0 Å². The molecule has 0 bridgehead atoms. The van der Waals surface area contributed by atoms with Crippen molar-refractivity contribution in [1.29, 1.82) is 0 Å². The summed E-state index contributed by atoms with van der Waals surface area (Å²) in [6.07, 6.45) is 6.07. The summed E-state index contributed by atoms with van der Waals surface area (Å²) in [6, 6.07) is 40.4. The number of pyridine rings is 1. The van der Waals surface area contributed by atoms with Crippen LogP contribution in [-0.4, -0.2) is 54.3 Å². The normalized spacial score (nSPS) is 17.0. The zero-order valence-corrected chi connectivity index (χ0v) is 24.4. The maximum atomic E-state index is 5.72. The van der Waals surface area contributed by atoms with Gasteiger partial charge in [-0.2, -0.15) is 5.10 Å². The van der Waals surface area contributed by atoms with E-state index in [1.54, 1.807) is 14.2 Å². The highest BCUT2D eigenvalue weighted by molar-refractivity contribution is 5.94. The van der Waals surface area contributed by atoms with Gasteiger partial charge in [0, 0.05) is 56.3 Å². The quantitative estimate of drug-likeness (QED) is 0.190. The predicted octanol–water partition coefficient (Wildman–Crippen LogP) is 6.79. The summed E-state index contributed by atoms with van der Waals surface area (Å²) in [7, 11) is 3.50. The fraction of sp³-hybridized carbons (Fsp3) is 0.189. The first-order chi connectivity index (χ1) is 21.2. The van der Waals surface area contributed by atoms with Crippen molar-refractivity contribution < 1.29 is 9.47 Å². The lowest BCUT2D eigenvalue weighted by molar-refractivity contribution is -0.00461. The zero-order valence-electron chi connectivity index (χ0n) is 24.4. The van der Waals surface area contributed by atoms with Crippen molar-refractivity contribution in [2.75, 3.05) is 32.2 Å². The molecule has 0 aliphatic carbocycles. The summed E-state index contributed by atoms with van der Waals surface area (Å²) in [5.41, 5.74) is 6.97. The maximum absolute atomic E-state index is 5.72. The van der Waals surface area contributed by atoms with Crippen LogP contribution >= 0.6 is 0 Å². The fourth-order valence-corrected chi connectivity index (χ4v) is 6.57. The minimum Gasteiger partial charge on any atom is -0.377 e. The van der Waals surface area contributed by atoms with Gasteiger partial charge in [-0.15, -0.1) is 0 Å². The number of rotatable bonds is 8. The van der Waals surface area contributed by atoms with Gasteiger partial charge in [0.15, 0.2) is 0 Å². The average molecular weight is 567 g/mol. The molecule has 0 unspecified atom stereocenters. The second kappa shape index (κ2) is 11.5. The van der Waals surface area contributed by atoms with Crippen molar-refractivity contribution in [3.63, 3.8) is 0 Å². The molecule has 7 rings (SSSR count). The number of ether oxygens (including phenoxy) is 2. The van der Waals surface area contributed by atoms with E-state index in [9.17, 15) is 0 Å². The van der Waals surface area contributed by atoms with Gasteiger partial charge in [-0.25, -0.2) is 0 Å². The van der Waals surface area contributed by atoms with Gasteiger partial charge < -0.3 is 14.4 Å². The summed E-state index contributed by atoms with van der Waals surface area (Å²) in [5, 5.41) is 6.17. The van der Waals surface area contributed by atoms with Crippen LogP contribution in [0.5, 0.6) is 0 Å². The standard InChI is InChI=1S/C37H34N4O2/c1-42-35-25-40(26-36(35)43-2)34-20-21-38-33-19-18-27(22-32(33)34)28-23-39-41(24-28)37(29-12-6-3-7-13-29,30-14-8-4-9-15-30)31-16-10-5-11-17-31/h3-24,35-36H,25-26H2,1-2H3/t35-,36-/m0/s1. The number of aromatic nitrogens is 3. The van der Waals surface area contributed by atoms with Crippen LogP contribution in [0, 0.1) is 0 Å². The molecule has 0 N–H and O–H groups in total. The topological polar surface area (TPSA) is 52.4 Å². The highest BCUT2D eigenvalue weighted by Gasteiger charge is 2.39. The molecule has 3 heterocycles. The van der Waals surface area contributed by atoms with E-state index in [1.165, 1.54) is 0 Å². The predicted molar refractivity (Wildman–Crippen MR) is 171 cm³/mol. The summed E-state index contributed by atoms with van der Waals surface area (Å²) >= 11 is 0. The Hall–Kier alpha value is -4.78. The van der Waals surface area contributed by atoms with Gasteiger partial charge in [-0.05, 0) is 40.5 Å². The molecule has 1 aliphatic rings. The Bertz CT molecular complexity index is 1710. The third-order valence-electron chi connectivity index (χ3n) is 8.71. The number of benzene rings is 4. The molecule has 1 saturated heterocycles. The molecular formula is C37H34N4O2. The number of hydrogen-bond donors (Lipinski definition) is 0. The Kier molecular flexibility index (Phi) is 7.23. The second-order valence-corrected chi connectivity index (χ2v) is 11.0. The monoisotopic (exact) mass is 566 g/mol. The first kappa shape index (κ1) is 27.1. The Labute approximate surface area is 252 Å². The summed E-state index contributed by atoms with van der Waals surface area (Å²) < 4.78 is 13.6. The van der Waals surface area contributed by atoms with Crippen LogP contribution in [-0.2, 0) is 15.0 Å². The van der Waals surface area contributed by atoms with Gasteiger partial charge in [0.2, 0.25) is 0 Å². The molecule has 0 saturated carbocycles. The van der Waals surface area contributed by atoms with Gasteiger partial charge in [0.1, 0.15) is 17.7 Å². The minimum atomic E-state index is -0.661. The average Bonchev–Trinajstić information content (AvgIpc) is 3.74. The smallest absolute Gasteiger partial charge is 0.138 e. The third-order valence-corrected chi connectivity index (χ3v) is 8.71. The lowest BCUT2D eigenvalue weighted by atomic mass is 9.77. The van der Waals surface area contributed by atoms with Crippen LogP contribution in [0.4, 0.5) is 5.69 Å². The highest BCUT2D eigenvalue weighted by Crippen LogP contribution is 2.41. The molecule has 6 heteroatoms. The maximum Gasteiger partial charge on any atom is 0.138 e. The van der Waals surface area contributed by atoms with Crippen molar-refractivity contribution in [3.05, 3.63) is 151 Å². The Balaban J connectivity index is 1.37. The molecular weight excluding hydrogens is 532 g/mol. The van der Waals surface area contributed by atoms with Crippen LogP contribution < -0.4 is 4.90 Å². The van der Waals surface area contributed by atoms with Gasteiger partial charge in [0.05, 0.1) is 11.7 Å². The van der Waals surface area contributed by atoms with Crippen LogP contribution in [0.2, 0.25) is 0 Å². The Morgan fingerprint density at radius 1 is 0.674 bits per heavy atom. The molecule has 6 aromatic rings. The molecule has 0 amide bonds. The SMILES string of the molecule is CO[C@H]1CN(c2ccnc3ccc(-c4cnn(C(c5ccccc5)(c5ccccc5)c5ccccc5)c4)cc23)C[C@@H]1OC. The molecule has 0 radical (unpaired) electrons. The van der Waals surface area contributed by atoms with E-state index in [2.05, 4.69) is 136 Å². The van der Waals surface area contributed by atoms with Gasteiger partial charge in [0.25, 0.3) is 0 Å². The van der Waals surface area contributed by atoms with Crippen molar-refractivity contribution >= 4 is 16.6 Å². The van der Waals surface area contributed by atoms with Crippen molar-refractivity contribution in [2.24, 2.45) is 0 Å². The zero-order chi connectivity index (χ0) is 29.2. The van der Waals surface area contributed by atoms with Crippen LogP contribution in [0.15, 0.2) is 134 Å². The summed E-state index contributed by atoms with van der Waals surface area (Å²) in [6.45, 7) is 1.54. The number of methoxy groups -OCH3 is 2. The first-order valence-electron chi connectivity index (χ1n) is 14.6. The van der Waals surface area contributed by atoms with E-state index in [-0.39, 0.29) is 12.2 Å². The summed E-state index contributed by atoms with van der Waals surface area (Å²) in [4.78, 5) is 7.02. The molecule has 214 valence electrons. The van der Waals surface area contributed by atoms with Gasteiger partial charge in [-0.1, -0.05) is 97.1 Å². The van der Waals surface area contributed by atoms with E-state index < -0.39 is 5.54 Å². The molecule has 4 aromatic carbocycles. The van der Waals surface area contributed by atoms with E-state index in [1.807, 2.05) is 12.4 Å². The Morgan fingerprint density at radius 2 is 1.23 bits per heavy atom. The molecule has 1 fully saturated rings. The molecule has 2 atom stereocenters. The highest BCUT2D eigenvalue weighted by atomic mass is 16.5. The van der Waals surface area contributed by atoms with Crippen LogP contribution in [0.1, 0.15) is 16.7 Å². The van der Waals surface area contributed by atoms with Crippen molar-refractivity contribution in [1.82, 2.24) is 14.8 Å². The molecule has 43 heavy (non-hydrogen) atoms. The van der Waals surface area contributed by atoms with Crippen molar-refractivity contribution in [3.8, 4) is 11.1 Å². The molecule has 2 aromatic heterocycles. The van der Waals surface area contributed by atoms with E-state index >= 15 is 0 Å². The number of hydrogen-bond acceptors (Lipinski definition) is 5. The first-order valence-corrected chi connectivity index (χ1v) is 14.6. The van der Waals surface area contributed by atoms with E-state index in [0.717, 1.165) is 57.5 Å². The van der Waals surface area contributed by atoms with Gasteiger partial charge in [-0.3, -0.25) is 9.67 Å². The molecule has 1 aliphatic heterocycles. The summed E-state index contributed by atoms with van der Waals surface area (Å²) in [5.74, 6) is 0. The van der Waals surface area contributed by atoms with E-state index in [0.29, 0.717) is 0 Å². The lowest BCUT2D eigenvalue weighted by Crippen LogP contribution is -2.38. The number of nitrogens with zero attached hydrogens (tertiary/aromatic N) is 4. The molecule has 0 spiro atoms. The van der Waals surface area contributed by atoms with Crippen LogP contribution in [0.3, 0.4) is 0 Å². The fourth-order valence-electron chi connectivity index (χ4n) is 6.57. The third kappa shape index (κ3) is 4.69. The lowest BCUT2D eigenvalue weighted by Gasteiger charge is -2.36. The minimum absolute atomic E-state index is 0.0247. The van der Waals surface area contributed by atoms with Crippen molar-refractivity contribution in [2.45, 2.75) is 17.7 Å². The van der Waals surface area contributed by atoms with Gasteiger partial charge >= 0.3 is 0 Å². The number of anilines is 1. The number of fused-ring (bicyclic) bond motifs is 1. The Morgan fingerprint density at radius 3 is 1.77 bits per heavy atom. The second-order valence-electron chi connectivity index (χ2n) is 11.0.